The number of halogens is 2. The van der Waals surface area contributed by atoms with Crippen molar-refractivity contribution in [3.8, 4) is 0 Å². The quantitative estimate of drug-likeness (QED) is 0.560. The molecule has 0 saturated heterocycles. The van der Waals surface area contributed by atoms with Gasteiger partial charge in [-0.3, -0.25) is 4.79 Å². The van der Waals surface area contributed by atoms with E-state index in [4.69, 9.17) is 11.6 Å². The number of nitrogens with one attached hydrogen (secondary N) is 2. The van der Waals surface area contributed by atoms with Gasteiger partial charge in [-0.2, -0.15) is 0 Å². The van der Waals surface area contributed by atoms with Gasteiger partial charge in [0.25, 0.3) is 0 Å². The van der Waals surface area contributed by atoms with E-state index in [0.717, 1.165) is 50.0 Å². The van der Waals surface area contributed by atoms with Crippen LogP contribution in [0.15, 0.2) is 30.3 Å². The van der Waals surface area contributed by atoms with Gasteiger partial charge >= 0.3 is 0 Å². The van der Waals surface area contributed by atoms with Crippen LogP contribution in [0.1, 0.15) is 65.6 Å². The molecule has 2 aromatic rings. The maximum atomic E-state index is 14.7. The Kier molecular flexibility index (Phi) is 7.06. The molecule has 2 N–H and O–H groups in total. The van der Waals surface area contributed by atoms with Crippen molar-refractivity contribution in [2.45, 2.75) is 57.9 Å². The predicted octanol–water partition coefficient (Wildman–Crippen LogP) is 5.93. The summed E-state index contributed by atoms with van der Waals surface area (Å²) in [5, 5.41) is 7.52. The lowest BCUT2D eigenvalue weighted by atomic mass is 9.84. The van der Waals surface area contributed by atoms with Crippen LogP contribution in [0, 0.1) is 11.7 Å². The van der Waals surface area contributed by atoms with Gasteiger partial charge in [-0.05, 0) is 66.7 Å². The van der Waals surface area contributed by atoms with E-state index in [9.17, 15) is 9.18 Å². The minimum Gasteiger partial charge on any atom is -0.380 e. The van der Waals surface area contributed by atoms with Crippen molar-refractivity contribution in [3.05, 3.63) is 63.4 Å². The number of hydrogen-bond donors (Lipinski definition) is 2. The second-order valence-corrected chi connectivity index (χ2v) is 9.02. The Labute approximate surface area is 183 Å². The highest BCUT2D eigenvalue weighted by Crippen LogP contribution is 2.31. The van der Waals surface area contributed by atoms with Crippen LogP contribution in [0.4, 0.5) is 10.1 Å². The standard InChI is InChI=1S/C25H30ClFN2O/c26-22-9-7-19-10-12-28-13-11-20(19)25(22)29-16-18-6-8-21(23(27)14-18)24(30)15-17-4-2-1-3-5-17/h6-9,14,17,28-29H,1-5,10-13,15-16H2. The summed E-state index contributed by atoms with van der Waals surface area (Å²) in [6.07, 6.45) is 8.18. The first kappa shape index (κ1) is 21.3. The molecule has 1 saturated carbocycles. The number of benzene rings is 2. The number of carbonyl (C=O) groups excluding carboxylic acids is 1. The maximum Gasteiger partial charge on any atom is 0.166 e. The minimum absolute atomic E-state index is 0.0668. The zero-order valence-corrected chi connectivity index (χ0v) is 18.2. The number of hydrogen-bond acceptors (Lipinski definition) is 3. The summed E-state index contributed by atoms with van der Waals surface area (Å²) in [6.45, 7) is 2.36. The van der Waals surface area contributed by atoms with Crippen LogP contribution in [0.5, 0.6) is 0 Å². The Morgan fingerprint density at radius 2 is 1.90 bits per heavy atom. The Morgan fingerprint density at radius 3 is 2.70 bits per heavy atom. The van der Waals surface area contributed by atoms with Gasteiger partial charge in [0.15, 0.2) is 5.78 Å². The number of carbonyl (C=O) groups is 1. The van der Waals surface area contributed by atoms with Crippen LogP contribution in [0.3, 0.4) is 0 Å². The first-order chi connectivity index (χ1) is 14.6. The zero-order valence-electron chi connectivity index (χ0n) is 17.4. The first-order valence-electron chi connectivity index (χ1n) is 11.2. The Hall–Kier alpha value is -1.91. The van der Waals surface area contributed by atoms with Crippen molar-refractivity contribution in [2.75, 3.05) is 18.4 Å². The fourth-order valence-corrected chi connectivity index (χ4v) is 5.03. The van der Waals surface area contributed by atoms with Crippen molar-refractivity contribution in [1.82, 2.24) is 5.32 Å². The van der Waals surface area contributed by atoms with Crippen molar-refractivity contribution in [1.29, 1.82) is 0 Å². The zero-order chi connectivity index (χ0) is 20.9. The molecule has 0 unspecified atom stereocenters. The molecule has 2 aliphatic rings. The summed E-state index contributed by atoms with van der Waals surface area (Å²) < 4.78 is 14.7. The molecule has 1 heterocycles. The third kappa shape index (κ3) is 5.04. The molecule has 3 nitrogen and oxygen atoms in total. The van der Waals surface area contributed by atoms with Gasteiger partial charge in [0.05, 0.1) is 16.3 Å². The van der Waals surface area contributed by atoms with Gasteiger partial charge in [0.1, 0.15) is 5.82 Å². The molecule has 0 spiro atoms. The van der Waals surface area contributed by atoms with E-state index in [0.29, 0.717) is 23.9 Å². The van der Waals surface area contributed by atoms with Gasteiger partial charge in [-0.15, -0.1) is 0 Å². The first-order valence-corrected chi connectivity index (χ1v) is 11.6. The molecule has 1 aliphatic carbocycles. The van der Waals surface area contributed by atoms with Crippen LogP contribution < -0.4 is 10.6 Å². The Balaban J connectivity index is 1.44. The molecule has 160 valence electrons. The third-order valence-corrected chi connectivity index (χ3v) is 6.80. The lowest BCUT2D eigenvalue weighted by Crippen LogP contribution is -2.16. The number of anilines is 1. The van der Waals surface area contributed by atoms with Crippen molar-refractivity contribution in [3.63, 3.8) is 0 Å². The molecule has 0 bridgehead atoms. The highest BCUT2D eigenvalue weighted by molar-refractivity contribution is 6.33. The Morgan fingerprint density at radius 1 is 1.10 bits per heavy atom. The average molecular weight is 429 g/mol. The van der Waals surface area contributed by atoms with Crippen molar-refractivity contribution in [2.24, 2.45) is 5.92 Å². The SMILES string of the molecule is O=C(CC1CCCCC1)c1ccc(CNc2c(Cl)ccc3c2CCNCC3)cc1F. The number of ketones is 1. The van der Waals surface area contributed by atoms with Gasteiger partial charge in [0.2, 0.25) is 0 Å². The molecule has 5 heteroatoms. The summed E-state index contributed by atoms with van der Waals surface area (Å²) in [5.41, 5.74) is 4.52. The summed E-state index contributed by atoms with van der Waals surface area (Å²) in [7, 11) is 0. The van der Waals surface area contributed by atoms with Crippen LogP contribution in [-0.4, -0.2) is 18.9 Å². The molecule has 0 atom stereocenters. The molecule has 0 radical (unpaired) electrons. The van der Waals surface area contributed by atoms with E-state index in [-0.39, 0.29) is 11.3 Å². The molecule has 4 rings (SSSR count). The van der Waals surface area contributed by atoms with E-state index in [1.807, 2.05) is 12.1 Å². The highest BCUT2D eigenvalue weighted by Gasteiger charge is 2.20. The molecular weight excluding hydrogens is 399 g/mol. The van der Waals surface area contributed by atoms with E-state index < -0.39 is 5.82 Å². The number of fused-ring (bicyclic) bond motifs is 1. The summed E-state index contributed by atoms with van der Waals surface area (Å²) in [6, 6.07) is 9.01. The van der Waals surface area contributed by atoms with Crippen LogP contribution in [-0.2, 0) is 19.4 Å². The summed E-state index contributed by atoms with van der Waals surface area (Å²) in [5.74, 6) is -0.0721. The monoisotopic (exact) mass is 428 g/mol. The van der Waals surface area contributed by atoms with Crippen molar-refractivity contribution < 1.29 is 9.18 Å². The van der Waals surface area contributed by atoms with Gasteiger partial charge in [-0.25, -0.2) is 4.39 Å². The lowest BCUT2D eigenvalue weighted by molar-refractivity contribution is 0.0946. The molecule has 1 aliphatic heterocycles. The molecule has 1 fully saturated rings. The highest BCUT2D eigenvalue weighted by atomic mass is 35.5. The molecule has 0 aromatic heterocycles. The molecule has 0 amide bonds. The normalized spacial score (nSPS) is 17.3. The summed E-state index contributed by atoms with van der Waals surface area (Å²) in [4.78, 5) is 12.6. The smallest absolute Gasteiger partial charge is 0.166 e. The van der Waals surface area contributed by atoms with Gasteiger partial charge in [-0.1, -0.05) is 55.8 Å². The van der Waals surface area contributed by atoms with E-state index in [1.165, 1.54) is 36.5 Å². The fraction of sp³-hybridized carbons (Fsp3) is 0.480. The Bertz CT molecular complexity index is 908. The van der Waals surface area contributed by atoms with E-state index in [1.54, 1.807) is 6.07 Å². The summed E-state index contributed by atoms with van der Waals surface area (Å²) >= 11 is 6.47. The van der Waals surface area contributed by atoms with Crippen LogP contribution in [0.2, 0.25) is 5.02 Å². The molecule has 2 aromatic carbocycles. The van der Waals surface area contributed by atoms with Crippen LogP contribution >= 0.6 is 11.6 Å². The van der Waals surface area contributed by atoms with Gasteiger partial charge < -0.3 is 10.6 Å². The van der Waals surface area contributed by atoms with E-state index in [2.05, 4.69) is 16.7 Å². The minimum atomic E-state index is -0.419. The predicted molar refractivity (Wildman–Crippen MR) is 121 cm³/mol. The largest absolute Gasteiger partial charge is 0.380 e. The topological polar surface area (TPSA) is 41.1 Å². The maximum absolute atomic E-state index is 14.7. The number of rotatable bonds is 6. The van der Waals surface area contributed by atoms with E-state index >= 15 is 0 Å². The number of Topliss-reactive ketones (excluding diaryl/α,β-unsaturated/α-hetero) is 1. The second kappa shape index (κ2) is 9.93. The lowest BCUT2D eigenvalue weighted by Gasteiger charge is -2.20. The second-order valence-electron chi connectivity index (χ2n) is 8.61. The van der Waals surface area contributed by atoms with Gasteiger partial charge in [0, 0.05) is 13.0 Å². The fourth-order valence-electron chi connectivity index (χ4n) is 4.78. The average Bonchev–Trinajstić information content (AvgIpc) is 2.99. The van der Waals surface area contributed by atoms with Crippen molar-refractivity contribution >= 4 is 23.1 Å². The van der Waals surface area contributed by atoms with Crippen LogP contribution in [0.25, 0.3) is 0 Å². The molecular formula is C25H30ClFN2O. The molecule has 30 heavy (non-hydrogen) atoms. The third-order valence-electron chi connectivity index (χ3n) is 6.48.